The van der Waals surface area contributed by atoms with Crippen LogP contribution in [0.5, 0.6) is 0 Å². The molecule has 4 atom stereocenters. The first kappa shape index (κ1) is 38.5. The number of ether oxygens (including phenoxy) is 2. The Morgan fingerprint density at radius 3 is 1.76 bits per heavy atom. The summed E-state index contributed by atoms with van der Waals surface area (Å²) in [6.07, 6.45) is -1.44. The summed E-state index contributed by atoms with van der Waals surface area (Å²) >= 11 is 0. The molecule has 3 aromatic rings. The summed E-state index contributed by atoms with van der Waals surface area (Å²) in [7, 11) is 1.25. The highest BCUT2D eigenvalue weighted by molar-refractivity contribution is 5.90. The molecule has 4 amide bonds. The molecule has 0 bridgehead atoms. The van der Waals surface area contributed by atoms with Gasteiger partial charge in [-0.2, -0.15) is 0 Å². The minimum absolute atomic E-state index is 0.111. The van der Waals surface area contributed by atoms with Gasteiger partial charge in [-0.1, -0.05) is 105 Å². The highest BCUT2D eigenvalue weighted by Gasteiger charge is 2.33. The van der Waals surface area contributed by atoms with E-state index < -0.39 is 53.8 Å². The van der Waals surface area contributed by atoms with Gasteiger partial charge in [0.2, 0.25) is 5.91 Å². The molecule has 264 valence electrons. The first-order chi connectivity index (χ1) is 23.3. The fraction of sp³-hybridized carbons (Fsp3) is 0.421. The number of carbonyl (C=O) groups excluding carboxylic acids is 4. The number of hydrogen-bond acceptors (Lipinski definition) is 7. The maximum absolute atomic E-state index is 14.0. The lowest BCUT2D eigenvalue weighted by Crippen LogP contribution is -2.58. The lowest BCUT2D eigenvalue weighted by molar-refractivity contribution is -0.145. The molecule has 0 saturated heterocycles. The lowest BCUT2D eigenvalue weighted by atomic mass is 10.0. The molecule has 0 aliphatic heterocycles. The van der Waals surface area contributed by atoms with Crippen molar-refractivity contribution in [3.63, 3.8) is 0 Å². The summed E-state index contributed by atoms with van der Waals surface area (Å²) in [5.74, 6) is -1.52. The standard InChI is InChI=1S/C38H50N4O7/c1-26(2)33(34(44)39-31(35(45)48-6)23-28-18-12-8-13-19-28)41-36(46)42(24-29-20-14-9-15-21-29)25-32(43)30(22-27-16-10-7-11-17-27)40-37(47)49-38(3,4)5/h7-21,26,30-33,43H,22-25H2,1-6H3,(H,39,44)(H,40,47)(H,41,46)/t30-,31-,32+,33-/m0/s1. The molecular formula is C38H50N4O7. The van der Waals surface area contributed by atoms with E-state index in [9.17, 15) is 24.3 Å². The Kier molecular flexibility index (Phi) is 14.6. The number of nitrogens with zero attached hydrogens (tertiary/aromatic N) is 1. The van der Waals surface area contributed by atoms with Gasteiger partial charge in [0.25, 0.3) is 0 Å². The molecule has 0 spiro atoms. The largest absolute Gasteiger partial charge is 0.467 e. The monoisotopic (exact) mass is 674 g/mol. The smallest absolute Gasteiger partial charge is 0.407 e. The van der Waals surface area contributed by atoms with Gasteiger partial charge in [0.05, 0.1) is 25.8 Å². The number of benzene rings is 3. The van der Waals surface area contributed by atoms with Crippen molar-refractivity contribution in [1.29, 1.82) is 0 Å². The third-order valence-corrected chi connectivity index (χ3v) is 7.69. The predicted molar refractivity (Wildman–Crippen MR) is 187 cm³/mol. The molecule has 0 saturated carbocycles. The number of esters is 1. The van der Waals surface area contributed by atoms with Gasteiger partial charge in [0.15, 0.2) is 0 Å². The van der Waals surface area contributed by atoms with Crippen LogP contribution in [0.15, 0.2) is 91.0 Å². The number of hydrogen-bond donors (Lipinski definition) is 4. The third kappa shape index (κ3) is 13.3. The van der Waals surface area contributed by atoms with E-state index in [-0.39, 0.29) is 31.8 Å². The maximum atomic E-state index is 14.0. The number of aliphatic hydroxyl groups is 1. The number of methoxy groups -OCH3 is 1. The highest BCUT2D eigenvalue weighted by atomic mass is 16.6. The van der Waals surface area contributed by atoms with E-state index in [1.165, 1.54) is 12.0 Å². The normalized spacial score (nSPS) is 13.7. The fourth-order valence-corrected chi connectivity index (χ4v) is 5.19. The van der Waals surface area contributed by atoms with Crippen molar-refractivity contribution in [1.82, 2.24) is 20.9 Å². The van der Waals surface area contributed by atoms with Crippen molar-refractivity contribution in [3.05, 3.63) is 108 Å². The van der Waals surface area contributed by atoms with Crippen molar-refractivity contribution < 1.29 is 33.8 Å². The van der Waals surface area contributed by atoms with E-state index in [0.717, 1.165) is 16.7 Å². The zero-order valence-corrected chi connectivity index (χ0v) is 29.2. The second kappa shape index (κ2) is 18.6. The van der Waals surface area contributed by atoms with Gasteiger partial charge in [-0.05, 0) is 49.8 Å². The van der Waals surface area contributed by atoms with Crippen LogP contribution in [0.1, 0.15) is 51.3 Å². The molecule has 0 unspecified atom stereocenters. The quantitative estimate of drug-likeness (QED) is 0.172. The van der Waals surface area contributed by atoms with Crippen molar-refractivity contribution in [2.24, 2.45) is 5.92 Å². The van der Waals surface area contributed by atoms with E-state index in [4.69, 9.17) is 9.47 Å². The van der Waals surface area contributed by atoms with Crippen LogP contribution in [0.25, 0.3) is 0 Å². The minimum Gasteiger partial charge on any atom is -0.467 e. The van der Waals surface area contributed by atoms with Gasteiger partial charge in [0.1, 0.15) is 17.7 Å². The zero-order chi connectivity index (χ0) is 36.0. The fourth-order valence-electron chi connectivity index (χ4n) is 5.19. The molecule has 0 fully saturated rings. The van der Waals surface area contributed by atoms with Crippen LogP contribution in [0.4, 0.5) is 9.59 Å². The molecule has 0 aromatic heterocycles. The molecule has 0 radical (unpaired) electrons. The second-order valence-electron chi connectivity index (χ2n) is 13.3. The summed E-state index contributed by atoms with van der Waals surface area (Å²) in [4.78, 5) is 54.5. The maximum Gasteiger partial charge on any atom is 0.407 e. The van der Waals surface area contributed by atoms with Crippen LogP contribution < -0.4 is 16.0 Å². The number of alkyl carbamates (subject to hydrolysis) is 1. The van der Waals surface area contributed by atoms with E-state index in [2.05, 4.69) is 16.0 Å². The van der Waals surface area contributed by atoms with Crippen LogP contribution in [0, 0.1) is 5.92 Å². The summed E-state index contributed by atoms with van der Waals surface area (Å²) in [5.41, 5.74) is 1.74. The van der Waals surface area contributed by atoms with Crippen molar-refractivity contribution in [2.75, 3.05) is 13.7 Å². The van der Waals surface area contributed by atoms with E-state index in [1.807, 2.05) is 91.0 Å². The molecule has 11 nitrogen and oxygen atoms in total. The van der Waals surface area contributed by atoms with Crippen molar-refractivity contribution in [3.8, 4) is 0 Å². The Morgan fingerprint density at radius 2 is 1.27 bits per heavy atom. The van der Waals surface area contributed by atoms with Crippen LogP contribution in [0.2, 0.25) is 0 Å². The SMILES string of the molecule is COC(=O)[C@H](Cc1ccccc1)NC(=O)[C@@H](NC(=O)N(Cc1ccccc1)C[C@@H](O)[C@H](Cc1ccccc1)NC(=O)OC(C)(C)C)C(C)C. The molecule has 0 aliphatic carbocycles. The van der Waals surface area contributed by atoms with Gasteiger partial charge >= 0.3 is 18.1 Å². The number of amides is 4. The van der Waals surface area contributed by atoms with Gasteiger partial charge in [-0.25, -0.2) is 14.4 Å². The Hall–Kier alpha value is -4.90. The number of rotatable bonds is 15. The molecular weight excluding hydrogens is 624 g/mol. The van der Waals surface area contributed by atoms with E-state index in [0.29, 0.717) is 0 Å². The molecule has 0 aliphatic rings. The van der Waals surface area contributed by atoms with Gasteiger partial charge in [-0.15, -0.1) is 0 Å². The number of urea groups is 1. The Balaban J connectivity index is 1.84. The summed E-state index contributed by atoms with van der Waals surface area (Å²) < 4.78 is 10.4. The first-order valence-corrected chi connectivity index (χ1v) is 16.5. The van der Waals surface area contributed by atoms with Crippen molar-refractivity contribution >= 4 is 24.0 Å². The summed E-state index contributed by atoms with van der Waals surface area (Å²) in [6.45, 7) is 8.74. The summed E-state index contributed by atoms with van der Waals surface area (Å²) in [6, 6.07) is 24.4. The predicted octanol–water partition coefficient (Wildman–Crippen LogP) is 4.62. The average Bonchev–Trinajstić information content (AvgIpc) is 3.06. The zero-order valence-electron chi connectivity index (χ0n) is 29.2. The summed E-state index contributed by atoms with van der Waals surface area (Å²) in [5, 5.41) is 20.0. The number of carbonyl (C=O) groups is 4. The second-order valence-corrected chi connectivity index (χ2v) is 13.3. The van der Waals surface area contributed by atoms with Crippen LogP contribution in [-0.2, 0) is 38.4 Å². The van der Waals surface area contributed by atoms with E-state index in [1.54, 1.807) is 34.6 Å². The minimum atomic E-state index is -1.22. The highest BCUT2D eigenvalue weighted by Crippen LogP contribution is 2.15. The molecule has 4 N–H and O–H groups in total. The van der Waals surface area contributed by atoms with Gasteiger partial charge in [0, 0.05) is 13.0 Å². The van der Waals surface area contributed by atoms with Crippen LogP contribution >= 0.6 is 0 Å². The van der Waals surface area contributed by atoms with Gasteiger partial charge < -0.3 is 35.4 Å². The Morgan fingerprint density at radius 1 is 0.755 bits per heavy atom. The lowest BCUT2D eigenvalue weighted by Gasteiger charge is -2.33. The van der Waals surface area contributed by atoms with E-state index >= 15 is 0 Å². The molecule has 49 heavy (non-hydrogen) atoms. The first-order valence-electron chi connectivity index (χ1n) is 16.5. The van der Waals surface area contributed by atoms with Crippen LogP contribution in [-0.4, -0.2) is 77.5 Å². The number of aliphatic hydroxyl groups excluding tert-OH is 1. The Bertz CT molecular complexity index is 1480. The van der Waals surface area contributed by atoms with Gasteiger partial charge in [-0.3, -0.25) is 4.79 Å². The molecule has 3 aromatic carbocycles. The molecule has 3 rings (SSSR count). The van der Waals surface area contributed by atoms with Crippen LogP contribution in [0.3, 0.4) is 0 Å². The third-order valence-electron chi connectivity index (χ3n) is 7.69. The number of nitrogens with one attached hydrogen (secondary N) is 3. The Labute approximate surface area is 289 Å². The van der Waals surface area contributed by atoms with Crippen molar-refractivity contribution in [2.45, 2.75) is 83.8 Å². The topological polar surface area (TPSA) is 146 Å². The molecule has 11 heteroatoms. The average molecular weight is 675 g/mol. The molecule has 0 heterocycles.